The molecule has 1 aromatic rings. The highest BCUT2D eigenvalue weighted by Crippen LogP contribution is 2.18. The highest BCUT2D eigenvalue weighted by atomic mass is 35.5. The van der Waals surface area contributed by atoms with Gasteiger partial charge in [-0.1, -0.05) is 6.92 Å². The van der Waals surface area contributed by atoms with Crippen molar-refractivity contribution in [2.24, 2.45) is 5.92 Å². The maximum absolute atomic E-state index is 12.4. The first-order chi connectivity index (χ1) is 10.8. The summed E-state index contributed by atoms with van der Waals surface area (Å²) in [6.07, 6.45) is 4.51. The Morgan fingerprint density at radius 1 is 1.39 bits per heavy atom. The first kappa shape index (κ1) is 18.2. The Balaban J connectivity index is 0.00000192. The van der Waals surface area contributed by atoms with Crippen LogP contribution in [0.1, 0.15) is 47.9 Å². The number of fused-ring (bicyclic) bond motifs is 1. The van der Waals surface area contributed by atoms with E-state index in [0.29, 0.717) is 11.6 Å². The van der Waals surface area contributed by atoms with Crippen LogP contribution in [0.15, 0.2) is 0 Å². The van der Waals surface area contributed by atoms with E-state index in [4.69, 9.17) is 0 Å². The number of hydrogen-bond acceptors (Lipinski definition) is 4. The first-order valence-electron chi connectivity index (χ1n) is 8.55. The average Bonchev–Trinajstić information content (AvgIpc) is 2.98. The summed E-state index contributed by atoms with van der Waals surface area (Å²) in [7, 11) is 0. The number of likely N-dealkylation sites (tertiary alicyclic amines) is 1. The second kappa shape index (κ2) is 8.66. The molecule has 0 aliphatic carbocycles. The van der Waals surface area contributed by atoms with Crippen molar-refractivity contribution in [3.05, 3.63) is 17.0 Å². The molecule has 1 fully saturated rings. The Kier molecular flexibility index (Phi) is 6.87. The number of aromatic nitrogens is 2. The molecule has 130 valence electrons. The van der Waals surface area contributed by atoms with Crippen molar-refractivity contribution in [1.82, 2.24) is 25.7 Å². The fraction of sp³-hybridized carbons (Fsp3) is 0.750. The number of H-pyrrole nitrogens is 1. The number of amides is 1. The van der Waals surface area contributed by atoms with Crippen molar-refractivity contribution in [2.75, 3.05) is 32.7 Å². The smallest absolute Gasteiger partial charge is 0.272 e. The van der Waals surface area contributed by atoms with Crippen LogP contribution in [0.4, 0.5) is 0 Å². The number of rotatable bonds is 5. The van der Waals surface area contributed by atoms with Gasteiger partial charge in [-0.05, 0) is 44.8 Å². The van der Waals surface area contributed by atoms with E-state index in [2.05, 4.69) is 32.7 Å². The Morgan fingerprint density at radius 3 is 2.91 bits per heavy atom. The van der Waals surface area contributed by atoms with Crippen LogP contribution in [0.3, 0.4) is 0 Å². The second-order valence-electron chi connectivity index (χ2n) is 6.45. The number of nitrogens with zero attached hydrogens (tertiary/aromatic N) is 2. The molecule has 7 heteroatoms. The summed E-state index contributed by atoms with van der Waals surface area (Å²) in [5.74, 6) is 0.571. The minimum absolute atomic E-state index is 0. The number of halogens is 1. The van der Waals surface area contributed by atoms with Gasteiger partial charge in [-0.15, -0.1) is 12.4 Å². The van der Waals surface area contributed by atoms with Crippen LogP contribution in [0.2, 0.25) is 0 Å². The molecule has 3 rings (SSSR count). The predicted octanol–water partition coefficient (Wildman–Crippen LogP) is 1.33. The number of aromatic amines is 1. The van der Waals surface area contributed by atoms with E-state index in [1.54, 1.807) is 0 Å². The van der Waals surface area contributed by atoms with Crippen molar-refractivity contribution >= 4 is 18.3 Å². The van der Waals surface area contributed by atoms with Crippen molar-refractivity contribution in [3.63, 3.8) is 0 Å². The quantitative estimate of drug-likeness (QED) is 0.755. The van der Waals surface area contributed by atoms with Gasteiger partial charge in [0.05, 0.1) is 0 Å². The summed E-state index contributed by atoms with van der Waals surface area (Å²) in [5, 5.41) is 13.6. The zero-order chi connectivity index (χ0) is 15.4. The van der Waals surface area contributed by atoms with Crippen LogP contribution in [-0.2, 0) is 13.0 Å². The van der Waals surface area contributed by atoms with E-state index >= 15 is 0 Å². The number of nitrogens with one attached hydrogen (secondary N) is 3. The van der Waals surface area contributed by atoms with E-state index in [1.165, 1.54) is 25.8 Å². The molecule has 3 heterocycles. The Hall–Kier alpha value is -1.11. The number of hydrogen-bond donors (Lipinski definition) is 3. The largest absolute Gasteiger partial charge is 0.350 e. The maximum atomic E-state index is 12.4. The molecular formula is C16H28ClN5O. The molecule has 23 heavy (non-hydrogen) atoms. The van der Waals surface area contributed by atoms with Gasteiger partial charge in [0.1, 0.15) is 0 Å². The molecule has 1 amide bonds. The van der Waals surface area contributed by atoms with Gasteiger partial charge >= 0.3 is 0 Å². The van der Waals surface area contributed by atoms with Crippen molar-refractivity contribution < 1.29 is 4.79 Å². The highest BCUT2D eigenvalue weighted by molar-refractivity contribution is 5.94. The van der Waals surface area contributed by atoms with Gasteiger partial charge in [-0.2, -0.15) is 5.10 Å². The minimum atomic E-state index is -0.0304. The lowest BCUT2D eigenvalue weighted by molar-refractivity contribution is 0.0930. The summed E-state index contributed by atoms with van der Waals surface area (Å²) in [4.78, 5) is 14.9. The molecule has 0 radical (unpaired) electrons. The molecule has 1 aromatic heterocycles. The first-order valence-corrected chi connectivity index (χ1v) is 8.55. The van der Waals surface area contributed by atoms with Gasteiger partial charge in [0.25, 0.3) is 5.91 Å². The third-order valence-corrected chi connectivity index (χ3v) is 4.82. The molecule has 0 atom stereocenters. The van der Waals surface area contributed by atoms with E-state index in [0.717, 1.165) is 50.4 Å². The number of carbonyl (C=O) groups is 1. The van der Waals surface area contributed by atoms with Gasteiger partial charge < -0.3 is 15.5 Å². The zero-order valence-corrected chi connectivity index (χ0v) is 14.7. The maximum Gasteiger partial charge on any atom is 0.272 e. The van der Waals surface area contributed by atoms with Crippen LogP contribution in [-0.4, -0.2) is 53.7 Å². The van der Waals surface area contributed by atoms with E-state index in [1.807, 2.05) is 0 Å². The van der Waals surface area contributed by atoms with Crippen molar-refractivity contribution in [1.29, 1.82) is 0 Å². The van der Waals surface area contributed by atoms with Gasteiger partial charge in [0, 0.05) is 37.3 Å². The lowest BCUT2D eigenvalue weighted by Crippen LogP contribution is -2.39. The lowest BCUT2D eigenvalue weighted by atomic mass is 9.96. The summed E-state index contributed by atoms with van der Waals surface area (Å²) in [6, 6.07) is 0. The van der Waals surface area contributed by atoms with Gasteiger partial charge in [-0.3, -0.25) is 9.89 Å². The van der Waals surface area contributed by atoms with Gasteiger partial charge in [0.2, 0.25) is 0 Å². The zero-order valence-electron chi connectivity index (χ0n) is 13.9. The standard InChI is InChI=1S/C16H27N5O.ClH/c1-2-7-21-8-4-12(5-9-21)10-18-16(22)15-13-11-17-6-3-14(13)19-20-15;/h12,17H,2-11H2,1H3,(H,18,22)(H,19,20);1H. The second-order valence-corrected chi connectivity index (χ2v) is 6.45. The van der Waals surface area contributed by atoms with E-state index in [9.17, 15) is 4.79 Å². The molecule has 3 N–H and O–H groups in total. The van der Waals surface area contributed by atoms with E-state index < -0.39 is 0 Å². The van der Waals surface area contributed by atoms with Crippen LogP contribution < -0.4 is 10.6 Å². The summed E-state index contributed by atoms with van der Waals surface area (Å²) in [5.41, 5.74) is 2.73. The topological polar surface area (TPSA) is 73.0 Å². The molecule has 0 saturated carbocycles. The third-order valence-electron chi connectivity index (χ3n) is 4.82. The van der Waals surface area contributed by atoms with Gasteiger partial charge in [0.15, 0.2) is 5.69 Å². The minimum Gasteiger partial charge on any atom is -0.350 e. The molecule has 0 spiro atoms. The van der Waals surface area contributed by atoms with Crippen molar-refractivity contribution in [2.45, 2.75) is 39.2 Å². The average molecular weight is 342 g/mol. The van der Waals surface area contributed by atoms with Crippen LogP contribution in [0, 0.1) is 5.92 Å². The molecular weight excluding hydrogens is 314 g/mol. The number of piperidine rings is 1. The molecule has 0 aromatic carbocycles. The van der Waals surface area contributed by atoms with Crippen LogP contribution in [0.25, 0.3) is 0 Å². The molecule has 1 saturated heterocycles. The van der Waals surface area contributed by atoms with Gasteiger partial charge in [-0.25, -0.2) is 0 Å². The molecule has 0 bridgehead atoms. The predicted molar refractivity (Wildman–Crippen MR) is 93.0 cm³/mol. The Bertz CT molecular complexity index is 511. The molecule has 6 nitrogen and oxygen atoms in total. The fourth-order valence-corrected chi connectivity index (χ4v) is 3.46. The van der Waals surface area contributed by atoms with Crippen molar-refractivity contribution in [3.8, 4) is 0 Å². The molecule has 2 aliphatic heterocycles. The Labute approximate surface area is 144 Å². The summed E-state index contributed by atoms with van der Waals surface area (Å²) < 4.78 is 0. The Morgan fingerprint density at radius 2 is 2.17 bits per heavy atom. The third kappa shape index (κ3) is 4.46. The molecule has 2 aliphatic rings. The summed E-state index contributed by atoms with van der Waals surface area (Å²) in [6.45, 7) is 8.22. The fourth-order valence-electron chi connectivity index (χ4n) is 3.46. The van der Waals surface area contributed by atoms with Crippen LogP contribution >= 0.6 is 12.4 Å². The number of carbonyl (C=O) groups excluding carboxylic acids is 1. The monoisotopic (exact) mass is 341 g/mol. The lowest BCUT2D eigenvalue weighted by Gasteiger charge is -2.31. The normalized spacial score (nSPS) is 19.0. The highest BCUT2D eigenvalue weighted by Gasteiger charge is 2.23. The molecule has 0 unspecified atom stereocenters. The SMILES string of the molecule is CCCN1CCC(CNC(=O)c2n[nH]c3c2CNCC3)CC1.Cl. The van der Waals surface area contributed by atoms with E-state index in [-0.39, 0.29) is 18.3 Å². The van der Waals surface area contributed by atoms with Crippen LogP contribution in [0.5, 0.6) is 0 Å². The summed E-state index contributed by atoms with van der Waals surface area (Å²) >= 11 is 0.